The van der Waals surface area contributed by atoms with Gasteiger partial charge in [0.1, 0.15) is 0 Å². The SMILES string of the molecule is COc1cccc(CCC(=O)N(C)CC(=O)N2CCC(C(=O)O)CC2)c1F. The summed E-state index contributed by atoms with van der Waals surface area (Å²) in [6, 6.07) is 4.78. The average molecular weight is 380 g/mol. The fraction of sp³-hybridized carbons (Fsp3) is 0.526. The minimum absolute atomic E-state index is 0.0723. The standard InChI is InChI=1S/C19H25FN2O5/c1-21(12-17(24)22-10-8-14(9-11-22)19(25)26)16(23)7-6-13-4-3-5-15(27-2)18(13)20/h3-5,14H,6-12H2,1-2H3,(H,25,26). The molecule has 1 aliphatic heterocycles. The van der Waals surface area contributed by atoms with Gasteiger partial charge in [0.15, 0.2) is 11.6 Å². The Morgan fingerprint density at radius 1 is 1.30 bits per heavy atom. The first kappa shape index (κ1) is 20.7. The highest BCUT2D eigenvalue weighted by molar-refractivity contribution is 5.85. The molecule has 7 nitrogen and oxygen atoms in total. The quantitative estimate of drug-likeness (QED) is 0.776. The molecule has 0 radical (unpaired) electrons. The molecule has 2 rings (SSSR count). The zero-order valence-corrected chi connectivity index (χ0v) is 15.6. The molecule has 1 aromatic carbocycles. The number of methoxy groups -OCH3 is 1. The summed E-state index contributed by atoms with van der Waals surface area (Å²) in [4.78, 5) is 38.4. The van der Waals surface area contributed by atoms with Gasteiger partial charge in [-0.15, -0.1) is 0 Å². The van der Waals surface area contributed by atoms with Gasteiger partial charge in [-0.3, -0.25) is 14.4 Å². The van der Waals surface area contributed by atoms with Gasteiger partial charge in [0.2, 0.25) is 11.8 Å². The maximum Gasteiger partial charge on any atom is 0.306 e. The molecule has 0 atom stereocenters. The number of benzene rings is 1. The zero-order chi connectivity index (χ0) is 20.0. The zero-order valence-electron chi connectivity index (χ0n) is 15.6. The van der Waals surface area contributed by atoms with Gasteiger partial charge >= 0.3 is 5.97 Å². The highest BCUT2D eigenvalue weighted by Crippen LogP contribution is 2.21. The average Bonchev–Trinajstić information content (AvgIpc) is 2.66. The number of aliphatic carboxylic acids is 1. The predicted molar refractivity (Wildman–Crippen MR) is 95.8 cm³/mol. The van der Waals surface area contributed by atoms with Crippen LogP contribution in [-0.4, -0.2) is 66.5 Å². The maximum atomic E-state index is 14.1. The second-order valence-electron chi connectivity index (χ2n) is 6.68. The first-order valence-electron chi connectivity index (χ1n) is 8.89. The van der Waals surface area contributed by atoms with Crippen molar-refractivity contribution in [3.05, 3.63) is 29.6 Å². The van der Waals surface area contributed by atoms with Crippen LogP contribution in [-0.2, 0) is 20.8 Å². The second-order valence-corrected chi connectivity index (χ2v) is 6.68. The van der Waals surface area contributed by atoms with Crippen LogP contribution < -0.4 is 4.74 Å². The summed E-state index contributed by atoms with van der Waals surface area (Å²) in [6.45, 7) is 0.691. The summed E-state index contributed by atoms with van der Waals surface area (Å²) in [6.07, 6.45) is 1.14. The summed E-state index contributed by atoms with van der Waals surface area (Å²) in [7, 11) is 2.91. The Hall–Kier alpha value is -2.64. The second kappa shape index (κ2) is 9.34. The molecular formula is C19H25FN2O5. The third-order valence-electron chi connectivity index (χ3n) is 4.87. The number of piperidine rings is 1. The van der Waals surface area contributed by atoms with E-state index in [1.807, 2.05) is 0 Å². The van der Waals surface area contributed by atoms with E-state index < -0.39 is 17.7 Å². The Bertz CT molecular complexity index is 701. The van der Waals surface area contributed by atoms with E-state index in [1.54, 1.807) is 17.0 Å². The highest BCUT2D eigenvalue weighted by Gasteiger charge is 2.27. The molecule has 0 aromatic heterocycles. The smallest absolute Gasteiger partial charge is 0.306 e. The van der Waals surface area contributed by atoms with Crippen LogP contribution in [0, 0.1) is 11.7 Å². The number of carboxylic acids is 1. The minimum atomic E-state index is -0.834. The minimum Gasteiger partial charge on any atom is -0.494 e. The van der Waals surface area contributed by atoms with Crippen LogP contribution in [0.2, 0.25) is 0 Å². The molecule has 0 bridgehead atoms. The van der Waals surface area contributed by atoms with Crippen molar-refractivity contribution in [1.82, 2.24) is 9.80 Å². The van der Waals surface area contributed by atoms with E-state index in [9.17, 15) is 18.8 Å². The van der Waals surface area contributed by atoms with Crippen molar-refractivity contribution >= 4 is 17.8 Å². The van der Waals surface area contributed by atoms with Gasteiger partial charge in [0, 0.05) is 26.6 Å². The lowest BCUT2D eigenvalue weighted by Crippen LogP contribution is -2.45. The lowest BCUT2D eigenvalue weighted by atomic mass is 9.97. The molecule has 148 valence electrons. The van der Waals surface area contributed by atoms with Crippen LogP contribution in [0.15, 0.2) is 18.2 Å². The number of hydrogen-bond donors (Lipinski definition) is 1. The molecule has 1 heterocycles. The van der Waals surface area contributed by atoms with Gasteiger partial charge in [-0.05, 0) is 30.9 Å². The molecular weight excluding hydrogens is 355 g/mol. The van der Waals surface area contributed by atoms with Crippen LogP contribution in [0.25, 0.3) is 0 Å². The summed E-state index contributed by atoms with van der Waals surface area (Å²) in [5, 5.41) is 9.00. The lowest BCUT2D eigenvalue weighted by molar-refractivity contribution is -0.146. The molecule has 0 saturated carbocycles. The van der Waals surface area contributed by atoms with Crippen molar-refractivity contribution in [2.75, 3.05) is 33.8 Å². The van der Waals surface area contributed by atoms with E-state index in [0.29, 0.717) is 31.5 Å². The number of aryl methyl sites for hydroxylation is 1. The molecule has 1 aromatic rings. The number of carbonyl (C=O) groups is 3. The molecule has 2 amide bonds. The summed E-state index contributed by atoms with van der Waals surface area (Å²) < 4.78 is 19.0. The molecule has 27 heavy (non-hydrogen) atoms. The number of likely N-dealkylation sites (tertiary alicyclic amines) is 1. The number of carbonyl (C=O) groups excluding carboxylic acids is 2. The van der Waals surface area contributed by atoms with E-state index in [4.69, 9.17) is 9.84 Å². The van der Waals surface area contributed by atoms with Crippen LogP contribution in [0.3, 0.4) is 0 Å². The topological polar surface area (TPSA) is 87.2 Å². The Balaban J connectivity index is 1.82. The summed E-state index contributed by atoms with van der Waals surface area (Å²) >= 11 is 0. The van der Waals surface area contributed by atoms with E-state index in [2.05, 4.69) is 0 Å². The molecule has 1 N–H and O–H groups in total. The largest absolute Gasteiger partial charge is 0.494 e. The normalized spacial score (nSPS) is 14.7. The van der Waals surface area contributed by atoms with Crippen LogP contribution in [0.4, 0.5) is 4.39 Å². The number of halogens is 1. The molecule has 1 aliphatic rings. The first-order chi connectivity index (χ1) is 12.8. The Kier molecular flexibility index (Phi) is 7.15. The Morgan fingerprint density at radius 3 is 2.56 bits per heavy atom. The lowest BCUT2D eigenvalue weighted by Gasteiger charge is -2.31. The summed E-state index contributed by atoms with van der Waals surface area (Å²) in [5.41, 5.74) is 0.387. The third kappa shape index (κ3) is 5.42. The predicted octanol–water partition coefficient (Wildman–Crippen LogP) is 1.55. The van der Waals surface area contributed by atoms with Gasteiger partial charge in [0.25, 0.3) is 0 Å². The fourth-order valence-electron chi connectivity index (χ4n) is 3.11. The third-order valence-corrected chi connectivity index (χ3v) is 4.87. The van der Waals surface area contributed by atoms with E-state index in [1.165, 1.54) is 25.1 Å². The number of rotatable bonds is 7. The fourth-order valence-corrected chi connectivity index (χ4v) is 3.11. The number of hydrogen-bond acceptors (Lipinski definition) is 4. The molecule has 1 fully saturated rings. The van der Waals surface area contributed by atoms with Crippen LogP contribution >= 0.6 is 0 Å². The van der Waals surface area contributed by atoms with Gasteiger partial charge < -0.3 is 19.6 Å². The first-order valence-corrected chi connectivity index (χ1v) is 8.89. The van der Waals surface area contributed by atoms with Crippen LogP contribution in [0.5, 0.6) is 5.75 Å². The number of amides is 2. The Morgan fingerprint density at radius 2 is 1.96 bits per heavy atom. The van der Waals surface area contributed by atoms with Crippen molar-refractivity contribution in [2.45, 2.75) is 25.7 Å². The van der Waals surface area contributed by atoms with Gasteiger partial charge in [-0.2, -0.15) is 0 Å². The van der Waals surface area contributed by atoms with E-state index in [0.717, 1.165) is 0 Å². The number of likely N-dealkylation sites (N-methyl/N-ethyl adjacent to an activating group) is 1. The van der Waals surface area contributed by atoms with Gasteiger partial charge in [-0.1, -0.05) is 12.1 Å². The van der Waals surface area contributed by atoms with Gasteiger partial charge in [-0.25, -0.2) is 4.39 Å². The molecule has 1 saturated heterocycles. The Labute approximate surface area is 157 Å². The van der Waals surface area contributed by atoms with Crippen molar-refractivity contribution in [3.8, 4) is 5.75 Å². The maximum absolute atomic E-state index is 14.1. The molecule has 0 unspecified atom stereocenters. The molecule has 0 aliphatic carbocycles. The van der Waals surface area contributed by atoms with E-state index in [-0.39, 0.29) is 37.0 Å². The number of nitrogens with zero attached hydrogens (tertiary/aromatic N) is 2. The number of ether oxygens (including phenoxy) is 1. The van der Waals surface area contributed by atoms with Crippen molar-refractivity contribution in [1.29, 1.82) is 0 Å². The molecule has 8 heteroatoms. The van der Waals surface area contributed by atoms with Gasteiger partial charge in [0.05, 0.1) is 19.6 Å². The highest BCUT2D eigenvalue weighted by atomic mass is 19.1. The van der Waals surface area contributed by atoms with Crippen molar-refractivity contribution < 1.29 is 28.6 Å². The van der Waals surface area contributed by atoms with Crippen molar-refractivity contribution in [3.63, 3.8) is 0 Å². The number of carboxylic acid groups (broad SMARTS) is 1. The van der Waals surface area contributed by atoms with Crippen LogP contribution in [0.1, 0.15) is 24.8 Å². The van der Waals surface area contributed by atoms with E-state index >= 15 is 0 Å². The van der Waals surface area contributed by atoms with Crippen molar-refractivity contribution in [2.24, 2.45) is 5.92 Å². The molecule has 0 spiro atoms. The monoisotopic (exact) mass is 380 g/mol. The summed E-state index contributed by atoms with van der Waals surface area (Å²) in [5.74, 6) is -2.06.